The minimum absolute atomic E-state index is 0.0763. The molecule has 0 atom stereocenters. The van der Waals surface area contributed by atoms with Gasteiger partial charge in [0, 0.05) is 6.07 Å². The number of hydrogen-bond acceptors (Lipinski definition) is 11. The van der Waals surface area contributed by atoms with Crippen molar-refractivity contribution in [2.24, 2.45) is 10.3 Å². The first-order valence-corrected chi connectivity index (χ1v) is 10.2. The van der Waals surface area contributed by atoms with Gasteiger partial charge in [-0.1, -0.05) is 28.5 Å². The van der Waals surface area contributed by atoms with E-state index in [0.29, 0.717) is 6.07 Å². The molecule has 13 nitrogen and oxygen atoms in total. The topological polar surface area (TPSA) is 181 Å². The smallest absolute Gasteiger partial charge is 0.312 e. The highest BCUT2D eigenvalue weighted by Crippen LogP contribution is 2.25. The van der Waals surface area contributed by atoms with Gasteiger partial charge in [0.1, 0.15) is 21.9 Å². The SMILES string of the molecule is O=C(ON=C1C=CC(=NOS(=O)(=O)c2ccccc2)C=C1)c1ccc([N+](=O)[O-])cc1[N+](=O)[O-]. The highest BCUT2D eigenvalue weighted by molar-refractivity contribution is 7.86. The molecule has 3 rings (SSSR count). The van der Waals surface area contributed by atoms with Gasteiger partial charge < -0.3 is 4.84 Å². The third-order valence-electron chi connectivity index (χ3n) is 3.97. The van der Waals surface area contributed by atoms with E-state index in [9.17, 15) is 33.4 Å². The molecule has 0 aromatic heterocycles. The van der Waals surface area contributed by atoms with Crippen LogP contribution >= 0.6 is 0 Å². The molecule has 0 bridgehead atoms. The van der Waals surface area contributed by atoms with Crippen LogP contribution in [0, 0.1) is 20.2 Å². The Balaban J connectivity index is 1.68. The zero-order chi connectivity index (χ0) is 24.0. The lowest BCUT2D eigenvalue weighted by atomic mass is 10.1. The van der Waals surface area contributed by atoms with Gasteiger partial charge >= 0.3 is 16.1 Å². The fourth-order valence-electron chi connectivity index (χ4n) is 2.40. The fourth-order valence-corrected chi connectivity index (χ4v) is 3.16. The van der Waals surface area contributed by atoms with Crippen LogP contribution in [0.3, 0.4) is 0 Å². The van der Waals surface area contributed by atoms with Gasteiger partial charge in [-0.3, -0.25) is 24.5 Å². The van der Waals surface area contributed by atoms with Crippen LogP contribution in [0.15, 0.2) is 88.0 Å². The minimum Gasteiger partial charge on any atom is -0.312 e. The second-order valence-corrected chi connectivity index (χ2v) is 7.66. The fraction of sp³-hybridized carbons (Fsp3) is 0. The van der Waals surface area contributed by atoms with E-state index >= 15 is 0 Å². The summed E-state index contributed by atoms with van der Waals surface area (Å²) in [5.41, 5.74) is -1.69. The third kappa shape index (κ3) is 5.71. The number of non-ortho nitro benzene ring substituents is 1. The second-order valence-electron chi connectivity index (χ2n) is 6.14. The lowest BCUT2D eigenvalue weighted by Gasteiger charge is -2.04. The molecule has 0 heterocycles. The zero-order valence-electron chi connectivity index (χ0n) is 16.3. The number of nitro groups is 2. The lowest BCUT2D eigenvalue weighted by molar-refractivity contribution is -0.394. The highest BCUT2D eigenvalue weighted by atomic mass is 32.2. The summed E-state index contributed by atoms with van der Waals surface area (Å²) in [4.78, 5) is 36.8. The van der Waals surface area contributed by atoms with E-state index in [4.69, 9.17) is 0 Å². The van der Waals surface area contributed by atoms with E-state index in [-0.39, 0.29) is 16.3 Å². The average molecular weight is 472 g/mol. The van der Waals surface area contributed by atoms with Crippen molar-refractivity contribution in [3.8, 4) is 0 Å². The summed E-state index contributed by atoms with van der Waals surface area (Å²) in [6.07, 6.45) is 5.27. The molecule has 0 aliphatic heterocycles. The maximum absolute atomic E-state index is 12.1. The summed E-state index contributed by atoms with van der Waals surface area (Å²) < 4.78 is 28.7. The van der Waals surface area contributed by atoms with Gasteiger partial charge in [-0.25, -0.2) is 4.79 Å². The average Bonchev–Trinajstić information content (AvgIpc) is 2.82. The summed E-state index contributed by atoms with van der Waals surface area (Å²) >= 11 is 0. The number of carbonyl (C=O) groups is 1. The van der Waals surface area contributed by atoms with E-state index < -0.39 is 42.9 Å². The molecule has 0 unspecified atom stereocenters. The van der Waals surface area contributed by atoms with Crippen LogP contribution < -0.4 is 0 Å². The molecule has 0 radical (unpaired) electrons. The number of rotatable bonds is 7. The molecule has 2 aromatic rings. The molecule has 0 fully saturated rings. The molecule has 0 spiro atoms. The van der Waals surface area contributed by atoms with E-state index in [0.717, 1.165) is 12.1 Å². The van der Waals surface area contributed by atoms with Gasteiger partial charge in [0.25, 0.3) is 11.4 Å². The number of nitro benzene ring substituents is 2. The maximum atomic E-state index is 12.1. The van der Waals surface area contributed by atoms with Crippen molar-refractivity contribution in [2.75, 3.05) is 0 Å². The Morgan fingerprint density at radius 3 is 2.03 bits per heavy atom. The Kier molecular flexibility index (Phi) is 6.68. The monoisotopic (exact) mass is 472 g/mol. The number of benzene rings is 2. The van der Waals surface area contributed by atoms with E-state index in [1.165, 1.54) is 48.6 Å². The van der Waals surface area contributed by atoms with Crippen molar-refractivity contribution in [1.29, 1.82) is 0 Å². The van der Waals surface area contributed by atoms with Crippen molar-refractivity contribution in [3.63, 3.8) is 0 Å². The van der Waals surface area contributed by atoms with Gasteiger partial charge in [0.2, 0.25) is 0 Å². The number of hydrogen-bond donors (Lipinski definition) is 0. The van der Waals surface area contributed by atoms with Crippen molar-refractivity contribution < 1.29 is 32.2 Å². The molecule has 168 valence electrons. The Morgan fingerprint density at radius 2 is 1.45 bits per heavy atom. The first-order chi connectivity index (χ1) is 15.7. The minimum atomic E-state index is -4.10. The molecule has 2 aromatic carbocycles. The number of oxime groups is 2. The van der Waals surface area contributed by atoms with Gasteiger partial charge in [-0.2, -0.15) is 8.42 Å². The summed E-state index contributed by atoms with van der Waals surface area (Å²) in [7, 11) is -4.10. The summed E-state index contributed by atoms with van der Waals surface area (Å²) in [5.74, 6) is -1.21. The Labute approximate surface area is 185 Å². The van der Waals surface area contributed by atoms with Crippen LogP contribution in [0.4, 0.5) is 11.4 Å². The first-order valence-electron chi connectivity index (χ1n) is 8.82. The first kappa shape index (κ1) is 23.0. The Hall–Kier alpha value is -4.72. The van der Waals surface area contributed by atoms with Crippen molar-refractivity contribution in [3.05, 3.63) is 98.6 Å². The number of nitrogens with zero attached hydrogens (tertiary/aromatic N) is 4. The number of carbonyl (C=O) groups excluding carboxylic acids is 1. The Bertz CT molecular complexity index is 1330. The molecule has 0 amide bonds. The van der Waals surface area contributed by atoms with Gasteiger partial charge in [0.05, 0.1) is 15.9 Å². The normalized spacial score (nSPS) is 12.7. The highest BCUT2D eigenvalue weighted by Gasteiger charge is 2.25. The standard InChI is InChI=1S/C19H12N4O9S/c24-19(17-11-10-15(22(25)26)12-18(17)23(27)28)31-20-13-6-8-14(9-7-13)21-32-33(29,30)16-4-2-1-3-5-16/h1-12H. The molecular weight excluding hydrogens is 460 g/mol. The molecule has 33 heavy (non-hydrogen) atoms. The Morgan fingerprint density at radius 1 is 0.848 bits per heavy atom. The quantitative estimate of drug-likeness (QED) is 0.253. The molecule has 1 aliphatic carbocycles. The predicted molar refractivity (Wildman–Crippen MR) is 113 cm³/mol. The van der Waals surface area contributed by atoms with Crippen LogP contribution in [-0.4, -0.2) is 35.7 Å². The molecule has 0 saturated carbocycles. The molecule has 1 aliphatic rings. The molecule has 14 heteroatoms. The largest absolute Gasteiger partial charge is 0.372 e. The summed E-state index contributed by atoms with van der Waals surface area (Å²) in [6, 6.07) is 9.83. The summed E-state index contributed by atoms with van der Waals surface area (Å²) in [5, 5.41) is 28.9. The van der Waals surface area contributed by atoms with Gasteiger partial charge in [-0.15, -0.1) is 0 Å². The predicted octanol–water partition coefficient (Wildman–Crippen LogP) is 2.90. The molecular formula is C19H12N4O9S. The van der Waals surface area contributed by atoms with Crippen molar-refractivity contribution >= 4 is 38.9 Å². The molecule has 0 N–H and O–H groups in total. The second kappa shape index (κ2) is 9.61. The van der Waals surface area contributed by atoms with Crippen LogP contribution in [0.25, 0.3) is 0 Å². The van der Waals surface area contributed by atoms with Crippen LogP contribution in [0.2, 0.25) is 0 Å². The van der Waals surface area contributed by atoms with E-state index in [1.807, 2.05) is 0 Å². The van der Waals surface area contributed by atoms with Crippen molar-refractivity contribution in [2.45, 2.75) is 4.90 Å². The lowest BCUT2D eigenvalue weighted by Crippen LogP contribution is -2.08. The van der Waals surface area contributed by atoms with Crippen LogP contribution in [-0.2, 0) is 19.2 Å². The zero-order valence-corrected chi connectivity index (χ0v) is 17.1. The van der Waals surface area contributed by atoms with Gasteiger partial charge in [0.15, 0.2) is 0 Å². The van der Waals surface area contributed by atoms with E-state index in [1.54, 1.807) is 6.07 Å². The number of allylic oxidation sites excluding steroid dienone is 4. The van der Waals surface area contributed by atoms with Gasteiger partial charge in [-0.05, 0) is 42.5 Å². The van der Waals surface area contributed by atoms with Crippen LogP contribution in [0.1, 0.15) is 10.4 Å². The van der Waals surface area contributed by atoms with Crippen LogP contribution in [0.5, 0.6) is 0 Å². The van der Waals surface area contributed by atoms with E-state index in [2.05, 4.69) is 19.4 Å². The molecule has 0 saturated heterocycles. The maximum Gasteiger partial charge on any atom is 0.372 e. The van der Waals surface area contributed by atoms with Crippen molar-refractivity contribution in [1.82, 2.24) is 0 Å². The summed E-state index contributed by atoms with van der Waals surface area (Å²) in [6.45, 7) is 0. The third-order valence-corrected chi connectivity index (χ3v) is 5.09.